The average molecular weight is 285 g/mol. The molecule has 1 fully saturated rings. The van der Waals surface area contributed by atoms with E-state index in [9.17, 15) is 4.79 Å². The third-order valence-electron chi connectivity index (χ3n) is 3.31. The fourth-order valence-corrected chi connectivity index (χ4v) is 2.30. The summed E-state index contributed by atoms with van der Waals surface area (Å²) >= 11 is 0. The van der Waals surface area contributed by atoms with Gasteiger partial charge in [0.2, 0.25) is 5.91 Å². The third kappa shape index (κ3) is 5.09. The van der Waals surface area contributed by atoms with E-state index in [2.05, 4.69) is 10.6 Å². The quantitative estimate of drug-likeness (QED) is 0.872. The summed E-state index contributed by atoms with van der Waals surface area (Å²) in [6.45, 7) is 0.318. The number of methoxy groups -OCH3 is 1. The Hall–Kier alpha value is -1.26. The van der Waals surface area contributed by atoms with Gasteiger partial charge in [0, 0.05) is 18.8 Å². The number of rotatable bonds is 5. The summed E-state index contributed by atoms with van der Waals surface area (Å²) in [4.78, 5) is 11.8. The molecule has 0 radical (unpaired) electrons. The molecule has 0 bridgehead atoms. The van der Waals surface area contributed by atoms with Gasteiger partial charge in [-0.3, -0.25) is 4.79 Å². The first-order chi connectivity index (χ1) is 8.78. The van der Waals surface area contributed by atoms with Gasteiger partial charge in [0.05, 0.1) is 12.6 Å². The van der Waals surface area contributed by atoms with Crippen LogP contribution in [-0.4, -0.2) is 31.7 Å². The highest BCUT2D eigenvalue weighted by Gasteiger charge is 2.25. The number of carbonyl (C=O) groups excluding carboxylic acids is 1. The molecule has 1 saturated carbocycles. The zero-order chi connectivity index (χ0) is 12.8. The molecular weight excluding hydrogens is 264 g/mol. The molecule has 1 aliphatic rings. The van der Waals surface area contributed by atoms with Crippen molar-refractivity contribution in [3.63, 3.8) is 0 Å². The maximum Gasteiger partial charge on any atom is 0.239 e. The molecule has 4 nitrogen and oxygen atoms in total. The van der Waals surface area contributed by atoms with Gasteiger partial charge in [-0.15, -0.1) is 12.4 Å². The molecule has 5 heteroatoms. The fraction of sp³-hybridized carbons (Fsp3) is 0.500. The van der Waals surface area contributed by atoms with Gasteiger partial charge >= 0.3 is 0 Å². The minimum atomic E-state index is 0. The molecule has 0 aliphatic heterocycles. The Morgan fingerprint density at radius 3 is 2.68 bits per heavy atom. The number of para-hydroxylation sites is 1. The van der Waals surface area contributed by atoms with E-state index in [1.54, 1.807) is 7.11 Å². The van der Waals surface area contributed by atoms with Crippen LogP contribution in [0.15, 0.2) is 30.3 Å². The van der Waals surface area contributed by atoms with Crippen LogP contribution in [0.2, 0.25) is 0 Å². The SMILES string of the molecule is COC1CCC(NC(=O)CNc2ccccc2)C1.Cl. The molecule has 0 spiro atoms. The number of amides is 1. The molecule has 106 valence electrons. The normalized spacial score (nSPS) is 21.5. The van der Waals surface area contributed by atoms with Gasteiger partial charge in [-0.1, -0.05) is 18.2 Å². The van der Waals surface area contributed by atoms with Crippen molar-refractivity contribution >= 4 is 24.0 Å². The largest absolute Gasteiger partial charge is 0.381 e. The second-order valence-electron chi connectivity index (χ2n) is 4.65. The van der Waals surface area contributed by atoms with E-state index in [4.69, 9.17) is 4.74 Å². The minimum Gasteiger partial charge on any atom is -0.381 e. The lowest BCUT2D eigenvalue weighted by molar-refractivity contribution is -0.120. The molecule has 2 unspecified atom stereocenters. The van der Waals surface area contributed by atoms with Crippen molar-refractivity contribution in [1.29, 1.82) is 0 Å². The summed E-state index contributed by atoms with van der Waals surface area (Å²) in [5.41, 5.74) is 0.967. The van der Waals surface area contributed by atoms with Gasteiger partial charge in [-0.2, -0.15) is 0 Å². The van der Waals surface area contributed by atoms with Crippen LogP contribution >= 0.6 is 12.4 Å². The van der Waals surface area contributed by atoms with E-state index in [1.807, 2.05) is 30.3 Å². The molecule has 2 N–H and O–H groups in total. The molecule has 2 rings (SSSR count). The van der Waals surface area contributed by atoms with Crippen LogP contribution in [0, 0.1) is 0 Å². The Labute approximate surface area is 120 Å². The molecule has 19 heavy (non-hydrogen) atoms. The highest BCUT2D eigenvalue weighted by atomic mass is 35.5. The van der Waals surface area contributed by atoms with Gasteiger partial charge in [-0.05, 0) is 31.4 Å². The van der Waals surface area contributed by atoms with E-state index >= 15 is 0 Å². The molecular formula is C14H21ClN2O2. The predicted octanol–water partition coefficient (Wildman–Crippen LogP) is 2.20. The Kier molecular flexibility index (Phi) is 6.67. The van der Waals surface area contributed by atoms with Crippen LogP contribution in [0.4, 0.5) is 5.69 Å². The van der Waals surface area contributed by atoms with Gasteiger partial charge in [0.1, 0.15) is 0 Å². The lowest BCUT2D eigenvalue weighted by Crippen LogP contribution is -2.37. The highest BCUT2D eigenvalue weighted by Crippen LogP contribution is 2.21. The van der Waals surface area contributed by atoms with Crippen LogP contribution < -0.4 is 10.6 Å². The molecule has 2 atom stereocenters. The number of halogens is 1. The van der Waals surface area contributed by atoms with E-state index in [1.165, 1.54) is 0 Å². The van der Waals surface area contributed by atoms with Crippen molar-refractivity contribution in [2.45, 2.75) is 31.4 Å². The van der Waals surface area contributed by atoms with Gasteiger partial charge in [0.25, 0.3) is 0 Å². The Morgan fingerprint density at radius 1 is 1.32 bits per heavy atom. The fourth-order valence-electron chi connectivity index (χ4n) is 2.30. The van der Waals surface area contributed by atoms with E-state index in [-0.39, 0.29) is 24.4 Å². The van der Waals surface area contributed by atoms with Gasteiger partial charge in [-0.25, -0.2) is 0 Å². The number of hydrogen-bond donors (Lipinski definition) is 2. The first kappa shape index (κ1) is 15.8. The maximum atomic E-state index is 11.8. The van der Waals surface area contributed by atoms with Gasteiger partial charge in [0.15, 0.2) is 0 Å². The van der Waals surface area contributed by atoms with Gasteiger partial charge < -0.3 is 15.4 Å². The van der Waals surface area contributed by atoms with Crippen LogP contribution in [0.5, 0.6) is 0 Å². The van der Waals surface area contributed by atoms with Crippen molar-refractivity contribution in [3.05, 3.63) is 30.3 Å². The Balaban J connectivity index is 0.00000180. The first-order valence-corrected chi connectivity index (χ1v) is 6.39. The average Bonchev–Trinajstić information content (AvgIpc) is 2.85. The van der Waals surface area contributed by atoms with E-state index < -0.39 is 0 Å². The number of benzene rings is 1. The summed E-state index contributed by atoms with van der Waals surface area (Å²) in [5, 5.41) is 6.13. The smallest absolute Gasteiger partial charge is 0.239 e. The molecule has 0 aromatic heterocycles. The van der Waals surface area contributed by atoms with Crippen molar-refractivity contribution in [2.24, 2.45) is 0 Å². The summed E-state index contributed by atoms with van der Waals surface area (Å²) < 4.78 is 5.29. The Bertz CT molecular complexity index is 386. The van der Waals surface area contributed by atoms with E-state index in [0.29, 0.717) is 12.6 Å². The van der Waals surface area contributed by atoms with Crippen LogP contribution in [0.1, 0.15) is 19.3 Å². The number of ether oxygens (including phenoxy) is 1. The number of carbonyl (C=O) groups is 1. The molecule has 1 aromatic rings. The molecule has 0 saturated heterocycles. The van der Waals surface area contributed by atoms with Crippen molar-refractivity contribution in [1.82, 2.24) is 5.32 Å². The minimum absolute atomic E-state index is 0. The molecule has 1 amide bonds. The second-order valence-corrected chi connectivity index (χ2v) is 4.65. The predicted molar refractivity (Wildman–Crippen MR) is 78.8 cm³/mol. The van der Waals surface area contributed by atoms with Crippen LogP contribution in [0.25, 0.3) is 0 Å². The zero-order valence-corrected chi connectivity index (χ0v) is 11.9. The number of nitrogens with one attached hydrogen (secondary N) is 2. The maximum absolute atomic E-state index is 11.8. The lowest BCUT2D eigenvalue weighted by atomic mass is 10.2. The second kappa shape index (κ2) is 8.02. The third-order valence-corrected chi connectivity index (χ3v) is 3.31. The molecule has 1 aromatic carbocycles. The number of hydrogen-bond acceptors (Lipinski definition) is 3. The summed E-state index contributed by atoms with van der Waals surface area (Å²) in [6, 6.07) is 10.0. The molecule has 1 aliphatic carbocycles. The highest BCUT2D eigenvalue weighted by molar-refractivity contribution is 5.85. The summed E-state index contributed by atoms with van der Waals surface area (Å²) in [7, 11) is 1.73. The summed E-state index contributed by atoms with van der Waals surface area (Å²) in [5.74, 6) is 0.0422. The molecule has 0 heterocycles. The van der Waals surface area contributed by atoms with Crippen LogP contribution in [0.3, 0.4) is 0 Å². The van der Waals surface area contributed by atoms with Crippen molar-refractivity contribution in [2.75, 3.05) is 19.0 Å². The lowest BCUT2D eigenvalue weighted by Gasteiger charge is -2.13. The number of anilines is 1. The van der Waals surface area contributed by atoms with Crippen LogP contribution in [-0.2, 0) is 9.53 Å². The standard InChI is InChI=1S/C14H20N2O2.ClH/c1-18-13-8-7-12(9-13)16-14(17)10-15-11-5-3-2-4-6-11;/h2-6,12-13,15H,7-10H2,1H3,(H,16,17);1H. The van der Waals surface area contributed by atoms with Crippen molar-refractivity contribution < 1.29 is 9.53 Å². The summed E-state index contributed by atoms with van der Waals surface area (Å²) in [6.07, 6.45) is 3.27. The monoisotopic (exact) mass is 284 g/mol. The Morgan fingerprint density at radius 2 is 2.05 bits per heavy atom. The van der Waals surface area contributed by atoms with E-state index in [0.717, 1.165) is 24.9 Å². The van der Waals surface area contributed by atoms with Crippen molar-refractivity contribution in [3.8, 4) is 0 Å². The topological polar surface area (TPSA) is 50.4 Å². The first-order valence-electron chi connectivity index (χ1n) is 6.39. The zero-order valence-electron chi connectivity index (χ0n) is 11.1.